The van der Waals surface area contributed by atoms with Crippen LogP contribution in [0, 0.1) is 10.1 Å². The number of anilines is 1. The Morgan fingerprint density at radius 3 is 2.70 bits per heavy atom. The summed E-state index contributed by atoms with van der Waals surface area (Å²) in [7, 11) is 3.09. The zero-order valence-electron chi connectivity index (χ0n) is 12.9. The number of carbonyl (C=O) groups excluding carboxylic acids is 1. The number of methoxy groups -OCH3 is 1. The molecule has 0 aliphatic rings. The molecule has 0 radical (unpaired) electrons. The van der Waals surface area contributed by atoms with E-state index < -0.39 is 10.8 Å². The minimum atomic E-state index is -0.639. The maximum Gasteiger partial charge on any atom is 0.286 e. The highest BCUT2D eigenvalue weighted by atomic mass is 16.6. The Morgan fingerprint density at radius 1 is 1.43 bits per heavy atom. The Morgan fingerprint density at radius 2 is 2.17 bits per heavy atom. The average molecular weight is 320 g/mol. The standard InChI is InChI=1S/C14H16N4O5/c1-4-23-13-6-11(18(20)21)10(5-12(13)22-3)14(19)16-9-7-15-17(2)8-9/h5-8H,4H2,1-3H3,(H,16,19). The first-order valence-corrected chi connectivity index (χ1v) is 6.75. The van der Waals surface area contributed by atoms with Crippen LogP contribution in [0.15, 0.2) is 24.5 Å². The van der Waals surface area contributed by atoms with Crippen LogP contribution in [0.2, 0.25) is 0 Å². The molecule has 0 aliphatic heterocycles. The highest BCUT2D eigenvalue weighted by molar-refractivity contribution is 6.07. The Balaban J connectivity index is 2.42. The van der Waals surface area contributed by atoms with Gasteiger partial charge in [-0.2, -0.15) is 5.10 Å². The van der Waals surface area contributed by atoms with Gasteiger partial charge in [0.2, 0.25) is 0 Å². The van der Waals surface area contributed by atoms with Crippen molar-refractivity contribution >= 4 is 17.3 Å². The quantitative estimate of drug-likeness (QED) is 0.644. The number of hydrogen-bond acceptors (Lipinski definition) is 6. The smallest absolute Gasteiger partial charge is 0.286 e. The molecule has 122 valence electrons. The Kier molecular flexibility index (Phi) is 4.79. The average Bonchev–Trinajstić information content (AvgIpc) is 2.92. The van der Waals surface area contributed by atoms with Gasteiger partial charge in [-0.15, -0.1) is 0 Å². The molecule has 1 aromatic carbocycles. The van der Waals surface area contributed by atoms with Gasteiger partial charge in [-0.3, -0.25) is 19.6 Å². The van der Waals surface area contributed by atoms with Gasteiger partial charge in [0.25, 0.3) is 11.6 Å². The molecule has 0 atom stereocenters. The molecule has 9 heteroatoms. The molecule has 0 saturated heterocycles. The summed E-state index contributed by atoms with van der Waals surface area (Å²) in [6.45, 7) is 2.06. The Labute approximate surface area is 132 Å². The molecule has 0 bridgehead atoms. The number of hydrogen-bond donors (Lipinski definition) is 1. The number of aryl methyl sites for hydroxylation is 1. The molecule has 2 aromatic rings. The van der Waals surface area contributed by atoms with Crippen LogP contribution in [0.5, 0.6) is 11.5 Å². The van der Waals surface area contributed by atoms with Gasteiger partial charge >= 0.3 is 0 Å². The molecule has 1 amide bonds. The van der Waals surface area contributed by atoms with Crippen molar-refractivity contribution in [3.8, 4) is 11.5 Å². The molecule has 1 aromatic heterocycles. The highest BCUT2D eigenvalue weighted by Crippen LogP contribution is 2.35. The molecular formula is C14H16N4O5. The van der Waals surface area contributed by atoms with Crippen LogP contribution in [0.4, 0.5) is 11.4 Å². The van der Waals surface area contributed by atoms with E-state index in [4.69, 9.17) is 9.47 Å². The van der Waals surface area contributed by atoms with Crippen molar-refractivity contribution in [1.82, 2.24) is 9.78 Å². The molecule has 0 aliphatic carbocycles. The topological polar surface area (TPSA) is 109 Å². The number of ether oxygens (including phenoxy) is 2. The van der Waals surface area contributed by atoms with E-state index in [1.54, 1.807) is 20.2 Å². The molecule has 23 heavy (non-hydrogen) atoms. The number of aromatic nitrogens is 2. The fourth-order valence-corrected chi connectivity index (χ4v) is 1.99. The molecule has 0 spiro atoms. The van der Waals surface area contributed by atoms with Gasteiger partial charge in [0.05, 0.1) is 36.6 Å². The SMILES string of the molecule is CCOc1cc([N+](=O)[O-])c(C(=O)Nc2cnn(C)c2)cc1OC. The summed E-state index contributed by atoms with van der Waals surface area (Å²) in [4.78, 5) is 22.9. The van der Waals surface area contributed by atoms with Crippen molar-refractivity contribution in [3.05, 3.63) is 40.2 Å². The summed E-state index contributed by atoms with van der Waals surface area (Å²) < 4.78 is 11.9. The van der Waals surface area contributed by atoms with Crippen LogP contribution < -0.4 is 14.8 Å². The number of rotatable bonds is 6. The summed E-state index contributed by atoms with van der Waals surface area (Å²) in [5, 5.41) is 17.7. The molecule has 1 N–H and O–H groups in total. The van der Waals surface area contributed by atoms with Crippen molar-refractivity contribution in [3.63, 3.8) is 0 Å². The van der Waals surface area contributed by atoms with Crippen molar-refractivity contribution < 1.29 is 19.2 Å². The van der Waals surface area contributed by atoms with Crippen molar-refractivity contribution in [2.45, 2.75) is 6.92 Å². The van der Waals surface area contributed by atoms with E-state index in [1.807, 2.05) is 0 Å². The predicted molar refractivity (Wildman–Crippen MR) is 82.0 cm³/mol. The minimum Gasteiger partial charge on any atom is -0.493 e. The van der Waals surface area contributed by atoms with Crippen molar-refractivity contribution in [1.29, 1.82) is 0 Å². The molecule has 1 heterocycles. The monoisotopic (exact) mass is 320 g/mol. The number of amides is 1. The predicted octanol–water partition coefficient (Wildman–Crippen LogP) is 1.99. The van der Waals surface area contributed by atoms with E-state index in [0.29, 0.717) is 12.3 Å². The van der Waals surface area contributed by atoms with E-state index in [0.717, 1.165) is 0 Å². The second-order valence-electron chi connectivity index (χ2n) is 4.57. The summed E-state index contributed by atoms with van der Waals surface area (Å²) in [5.41, 5.74) is -0.0607. The van der Waals surface area contributed by atoms with Gasteiger partial charge in [-0.1, -0.05) is 0 Å². The third kappa shape index (κ3) is 3.57. The van der Waals surface area contributed by atoms with Crippen molar-refractivity contribution in [2.75, 3.05) is 19.0 Å². The first-order chi connectivity index (χ1) is 11.0. The number of nitrogens with zero attached hydrogens (tertiary/aromatic N) is 3. The van der Waals surface area contributed by atoms with Crippen molar-refractivity contribution in [2.24, 2.45) is 7.05 Å². The molecule has 0 fully saturated rings. The van der Waals surface area contributed by atoms with E-state index in [2.05, 4.69) is 10.4 Å². The van der Waals surface area contributed by atoms with Crippen LogP contribution in [-0.2, 0) is 7.05 Å². The lowest BCUT2D eigenvalue weighted by Gasteiger charge is -2.11. The van der Waals surface area contributed by atoms with Crippen LogP contribution in [0.25, 0.3) is 0 Å². The molecule has 0 saturated carbocycles. The number of nitrogens with one attached hydrogen (secondary N) is 1. The summed E-state index contributed by atoms with van der Waals surface area (Å²) in [6.07, 6.45) is 3.02. The van der Waals surface area contributed by atoms with Gasteiger partial charge in [0, 0.05) is 19.3 Å². The number of nitro benzene ring substituents is 1. The lowest BCUT2D eigenvalue weighted by Crippen LogP contribution is -2.14. The van der Waals surface area contributed by atoms with E-state index in [1.165, 1.54) is 30.1 Å². The van der Waals surface area contributed by atoms with E-state index >= 15 is 0 Å². The van der Waals surface area contributed by atoms with Crippen LogP contribution >= 0.6 is 0 Å². The van der Waals surface area contributed by atoms with Crippen LogP contribution in [0.1, 0.15) is 17.3 Å². The molecular weight excluding hydrogens is 304 g/mol. The van der Waals surface area contributed by atoms with Crippen LogP contribution in [-0.4, -0.2) is 34.3 Å². The fraction of sp³-hybridized carbons (Fsp3) is 0.286. The van der Waals surface area contributed by atoms with Gasteiger partial charge < -0.3 is 14.8 Å². The maximum absolute atomic E-state index is 12.3. The molecule has 9 nitrogen and oxygen atoms in total. The second kappa shape index (κ2) is 6.77. The maximum atomic E-state index is 12.3. The largest absolute Gasteiger partial charge is 0.493 e. The normalized spacial score (nSPS) is 10.2. The van der Waals surface area contributed by atoms with Gasteiger partial charge in [0.1, 0.15) is 5.56 Å². The summed E-state index contributed by atoms with van der Waals surface area (Å²) in [5.74, 6) is -0.181. The third-order valence-corrected chi connectivity index (χ3v) is 2.99. The van der Waals surface area contributed by atoms with Gasteiger partial charge in [0.15, 0.2) is 11.5 Å². The van der Waals surface area contributed by atoms with E-state index in [9.17, 15) is 14.9 Å². The first kappa shape index (κ1) is 16.3. The zero-order chi connectivity index (χ0) is 17.0. The first-order valence-electron chi connectivity index (χ1n) is 6.75. The highest BCUT2D eigenvalue weighted by Gasteiger charge is 2.25. The lowest BCUT2D eigenvalue weighted by atomic mass is 10.1. The number of benzene rings is 1. The van der Waals surface area contributed by atoms with Gasteiger partial charge in [-0.05, 0) is 6.92 Å². The second-order valence-corrected chi connectivity index (χ2v) is 4.57. The number of carbonyl (C=O) groups is 1. The van der Waals surface area contributed by atoms with Crippen LogP contribution in [0.3, 0.4) is 0 Å². The Hall–Kier alpha value is -3.10. The minimum absolute atomic E-state index is 0.126. The van der Waals surface area contributed by atoms with Gasteiger partial charge in [-0.25, -0.2) is 0 Å². The van der Waals surface area contributed by atoms with E-state index in [-0.39, 0.29) is 22.7 Å². The Bertz CT molecular complexity index is 741. The molecule has 0 unspecified atom stereocenters. The third-order valence-electron chi connectivity index (χ3n) is 2.99. The summed E-state index contributed by atoms with van der Waals surface area (Å²) >= 11 is 0. The zero-order valence-corrected chi connectivity index (χ0v) is 12.9. The number of nitro groups is 1. The lowest BCUT2D eigenvalue weighted by molar-refractivity contribution is -0.385. The fourth-order valence-electron chi connectivity index (χ4n) is 1.99. The summed E-state index contributed by atoms with van der Waals surface area (Å²) in [6, 6.07) is 2.47. The molecule has 2 rings (SSSR count).